The third-order valence-corrected chi connectivity index (χ3v) is 5.62. The van der Waals surface area contributed by atoms with Crippen LogP contribution in [0.1, 0.15) is 35.8 Å². The number of anilines is 1. The molecular formula is C23H20F5N7O. The minimum Gasteiger partial charge on any atom is -0.412 e. The highest BCUT2D eigenvalue weighted by atomic mass is 19.4. The fraction of sp³-hybridized carbons (Fsp3) is 0.261. The molecule has 1 aliphatic carbocycles. The van der Waals surface area contributed by atoms with Gasteiger partial charge >= 0.3 is 12.1 Å². The van der Waals surface area contributed by atoms with Gasteiger partial charge in [0.05, 0.1) is 0 Å². The molecule has 4 aromatic rings. The van der Waals surface area contributed by atoms with E-state index in [1.54, 1.807) is 0 Å². The smallest absolute Gasteiger partial charge is 0.412 e. The number of hydrogen-bond acceptors (Lipinski definition) is 6. The fourth-order valence-electron chi connectivity index (χ4n) is 3.59. The second-order valence-electron chi connectivity index (χ2n) is 8.17. The molecule has 1 fully saturated rings. The van der Waals surface area contributed by atoms with Crippen LogP contribution in [-0.4, -0.2) is 42.2 Å². The third-order valence-electron chi connectivity index (χ3n) is 5.62. The molecule has 4 N–H and O–H groups in total. The van der Waals surface area contributed by atoms with Crippen molar-refractivity contribution in [2.45, 2.75) is 37.4 Å². The molecular weight excluding hydrogens is 485 g/mol. The molecule has 0 saturated heterocycles. The Bertz CT molecular complexity index is 1320. The van der Waals surface area contributed by atoms with Gasteiger partial charge in [0.15, 0.2) is 0 Å². The Hall–Kier alpha value is -4.00. The first kappa shape index (κ1) is 25.1. The topological polar surface area (TPSA) is 124 Å². The van der Waals surface area contributed by atoms with Gasteiger partial charge in [0.2, 0.25) is 5.82 Å². The van der Waals surface area contributed by atoms with Crippen molar-refractivity contribution in [3.8, 4) is 22.5 Å². The first-order valence-corrected chi connectivity index (χ1v) is 10.7. The van der Waals surface area contributed by atoms with Gasteiger partial charge in [0.25, 0.3) is 0 Å². The average molecular weight is 505 g/mol. The zero-order valence-electron chi connectivity index (χ0n) is 18.5. The SMILES string of the molecule is FC(F)(F)C(F)(F)c1cc(NCc2ccc(-c3ccccc3-c3nn[nH]n3)cc2)nc(C2CC2)n1.O. The molecule has 0 radical (unpaired) electrons. The van der Waals surface area contributed by atoms with Crippen LogP contribution in [0.2, 0.25) is 0 Å². The lowest BCUT2D eigenvalue weighted by atomic mass is 9.98. The van der Waals surface area contributed by atoms with E-state index in [4.69, 9.17) is 0 Å². The standard InChI is InChI=1S/C23H18F5N7.H2O/c24-22(25,23(26,27)28)18-11-19(31-20(30-18)15-9-10-15)29-12-13-5-7-14(8-6-13)16-3-1-2-4-17(16)21-32-34-35-33-21;/h1-8,11,15H,9-10,12H2,(H,29,30,31)(H,32,33,34,35);1H2. The largest absolute Gasteiger partial charge is 0.459 e. The lowest BCUT2D eigenvalue weighted by Gasteiger charge is -2.20. The van der Waals surface area contributed by atoms with Gasteiger partial charge in [-0.05, 0) is 34.7 Å². The molecule has 5 rings (SSSR count). The van der Waals surface area contributed by atoms with E-state index in [1.807, 2.05) is 48.5 Å². The fourth-order valence-corrected chi connectivity index (χ4v) is 3.59. The molecule has 188 valence electrons. The Morgan fingerprint density at radius 1 is 0.917 bits per heavy atom. The van der Waals surface area contributed by atoms with Crippen molar-refractivity contribution >= 4 is 5.82 Å². The summed E-state index contributed by atoms with van der Waals surface area (Å²) in [7, 11) is 0. The quantitative estimate of drug-likeness (QED) is 0.353. The Labute approximate surface area is 201 Å². The van der Waals surface area contributed by atoms with Gasteiger partial charge in [0.1, 0.15) is 17.3 Å². The average Bonchev–Trinajstić information content (AvgIpc) is 3.56. The predicted molar refractivity (Wildman–Crippen MR) is 120 cm³/mol. The molecule has 0 atom stereocenters. The van der Waals surface area contributed by atoms with Crippen LogP contribution in [0.3, 0.4) is 0 Å². The van der Waals surface area contributed by atoms with E-state index in [9.17, 15) is 22.0 Å². The summed E-state index contributed by atoms with van der Waals surface area (Å²) in [5.41, 5.74) is 2.00. The molecule has 0 amide bonds. The number of aromatic amines is 1. The zero-order valence-corrected chi connectivity index (χ0v) is 18.5. The number of aromatic nitrogens is 6. The maximum atomic E-state index is 14.0. The number of rotatable bonds is 7. The van der Waals surface area contributed by atoms with Gasteiger partial charge in [-0.25, -0.2) is 9.97 Å². The number of hydrogen-bond donors (Lipinski definition) is 2. The molecule has 0 aliphatic heterocycles. The van der Waals surface area contributed by atoms with E-state index in [0.717, 1.165) is 22.3 Å². The van der Waals surface area contributed by atoms with Crippen molar-refractivity contribution in [2.75, 3.05) is 5.32 Å². The normalized spacial score (nSPS) is 13.8. The summed E-state index contributed by atoms with van der Waals surface area (Å²) in [6, 6.07) is 15.6. The van der Waals surface area contributed by atoms with Crippen LogP contribution in [0, 0.1) is 0 Å². The summed E-state index contributed by atoms with van der Waals surface area (Å²) in [6.45, 7) is 0.172. The van der Waals surface area contributed by atoms with E-state index in [0.29, 0.717) is 24.7 Å². The van der Waals surface area contributed by atoms with Crippen molar-refractivity contribution < 1.29 is 27.4 Å². The molecule has 2 aromatic carbocycles. The van der Waals surface area contributed by atoms with E-state index >= 15 is 0 Å². The van der Waals surface area contributed by atoms with Gasteiger partial charge in [0, 0.05) is 24.1 Å². The highest BCUT2D eigenvalue weighted by molar-refractivity contribution is 5.80. The molecule has 2 aromatic heterocycles. The molecule has 2 heterocycles. The highest BCUT2D eigenvalue weighted by Crippen LogP contribution is 2.45. The number of H-pyrrole nitrogens is 1. The van der Waals surface area contributed by atoms with E-state index in [1.165, 1.54) is 0 Å². The minimum absolute atomic E-state index is 0. The second kappa shape index (κ2) is 9.57. The van der Waals surface area contributed by atoms with Gasteiger partial charge in [-0.3, -0.25) is 0 Å². The van der Waals surface area contributed by atoms with Crippen LogP contribution in [-0.2, 0) is 12.5 Å². The summed E-state index contributed by atoms with van der Waals surface area (Å²) < 4.78 is 66.6. The lowest BCUT2D eigenvalue weighted by molar-refractivity contribution is -0.291. The molecule has 0 unspecified atom stereocenters. The van der Waals surface area contributed by atoms with Crippen LogP contribution in [0.5, 0.6) is 0 Å². The van der Waals surface area contributed by atoms with E-state index < -0.39 is 17.8 Å². The summed E-state index contributed by atoms with van der Waals surface area (Å²) in [5.74, 6) is -4.88. The number of alkyl halides is 5. The molecule has 0 bridgehead atoms. The molecule has 1 aliphatic rings. The minimum atomic E-state index is -5.74. The molecule has 13 heteroatoms. The highest BCUT2D eigenvalue weighted by Gasteiger charge is 2.60. The predicted octanol–water partition coefficient (Wildman–Crippen LogP) is 4.64. The summed E-state index contributed by atoms with van der Waals surface area (Å²) in [5, 5.41) is 16.9. The van der Waals surface area contributed by atoms with E-state index in [-0.39, 0.29) is 29.6 Å². The Morgan fingerprint density at radius 2 is 1.61 bits per heavy atom. The van der Waals surface area contributed by atoms with Crippen LogP contribution in [0.15, 0.2) is 54.6 Å². The maximum Gasteiger partial charge on any atom is 0.459 e. The molecule has 1 saturated carbocycles. The number of nitrogens with one attached hydrogen (secondary N) is 2. The maximum absolute atomic E-state index is 14.0. The Kier molecular flexibility index (Phi) is 6.67. The van der Waals surface area contributed by atoms with Crippen molar-refractivity contribution in [1.29, 1.82) is 0 Å². The number of benzene rings is 2. The molecule has 8 nitrogen and oxygen atoms in total. The summed E-state index contributed by atoms with van der Waals surface area (Å²) in [6.07, 6.45) is -4.42. The second-order valence-corrected chi connectivity index (χ2v) is 8.17. The third kappa shape index (κ3) is 5.00. The number of halogens is 5. The summed E-state index contributed by atoms with van der Waals surface area (Å²) >= 11 is 0. The van der Waals surface area contributed by atoms with Gasteiger partial charge in [-0.1, -0.05) is 48.5 Å². The van der Waals surface area contributed by atoms with Crippen LogP contribution in [0.25, 0.3) is 22.5 Å². The molecule has 0 spiro atoms. The monoisotopic (exact) mass is 505 g/mol. The summed E-state index contributed by atoms with van der Waals surface area (Å²) in [4.78, 5) is 7.69. The van der Waals surface area contributed by atoms with Crippen molar-refractivity contribution in [2.24, 2.45) is 0 Å². The van der Waals surface area contributed by atoms with Crippen LogP contribution >= 0.6 is 0 Å². The molecule has 36 heavy (non-hydrogen) atoms. The van der Waals surface area contributed by atoms with Gasteiger partial charge in [-0.2, -0.15) is 27.2 Å². The number of tetrazole rings is 1. The Balaban J connectivity index is 0.00000304. The van der Waals surface area contributed by atoms with Crippen molar-refractivity contribution in [1.82, 2.24) is 30.6 Å². The first-order chi connectivity index (χ1) is 16.7. The number of nitrogens with zero attached hydrogens (tertiary/aromatic N) is 5. The van der Waals surface area contributed by atoms with Gasteiger partial charge in [-0.15, -0.1) is 10.2 Å². The lowest BCUT2D eigenvalue weighted by Crippen LogP contribution is -2.35. The van der Waals surface area contributed by atoms with Crippen molar-refractivity contribution in [3.05, 3.63) is 71.7 Å². The van der Waals surface area contributed by atoms with Crippen LogP contribution < -0.4 is 5.32 Å². The Morgan fingerprint density at radius 3 is 2.22 bits per heavy atom. The van der Waals surface area contributed by atoms with Crippen molar-refractivity contribution in [3.63, 3.8) is 0 Å². The van der Waals surface area contributed by atoms with Crippen LogP contribution in [0.4, 0.5) is 27.8 Å². The first-order valence-electron chi connectivity index (χ1n) is 10.7. The van der Waals surface area contributed by atoms with E-state index in [2.05, 4.69) is 35.9 Å². The van der Waals surface area contributed by atoms with Gasteiger partial charge < -0.3 is 10.8 Å². The zero-order chi connectivity index (χ0) is 24.6.